The topological polar surface area (TPSA) is 49.6 Å². The highest BCUT2D eigenvalue weighted by Gasteiger charge is 2.03. The number of rotatable bonds is 5. The van der Waals surface area contributed by atoms with Crippen LogP contribution in [0.25, 0.3) is 11.0 Å². The number of benzene rings is 1. The Hall–Kier alpha value is -1.97. The summed E-state index contributed by atoms with van der Waals surface area (Å²) in [5, 5.41) is 7.68. The Balaban J connectivity index is 2.03. The largest absolute Gasteiger partial charge is 0.459 e. The minimum atomic E-state index is 0.544. The summed E-state index contributed by atoms with van der Waals surface area (Å²) < 4.78 is 5.76. The summed E-state index contributed by atoms with van der Waals surface area (Å²) in [7, 11) is 0. The molecule has 0 aliphatic carbocycles. The van der Waals surface area contributed by atoms with E-state index in [0.717, 1.165) is 35.8 Å². The van der Waals surface area contributed by atoms with Gasteiger partial charge in [0.15, 0.2) is 5.96 Å². The molecule has 2 aromatic rings. The minimum absolute atomic E-state index is 0.544. The second-order valence-corrected chi connectivity index (χ2v) is 5.22. The fourth-order valence-electron chi connectivity index (χ4n) is 1.91. The van der Waals surface area contributed by atoms with E-state index in [-0.39, 0.29) is 0 Å². The number of hydrogen-bond donors (Lipinski definition) is 2. The van der Waals surface area contributed by atoms with E-state index >= 15 is 0 Å². The van der Waals surface area contributed by atoms with Gasteiger partial charge in [0.25, 0.3) is 0 Å². The highest BCUT2D eigenvalue weighted by molar-refractivity contribution is 5.80. The zero-order chi connectivity index (χ0) is 14.4. The molecule has 0 saturated carbocycles. The lowest BCUT2D eigenvalue weighted by Gasteiger charge is -2.12. The van der Waals surface area contributed by atoms with Gasteiger partial charge in [0, 0.05) is 18.5 Å². The van der Waals surface area contributed by atoms with Crippen LogP contribution in [0.1, 0.15) is 26.5 Å². The first-order valence-electron chi connectivity index (χ1n) is 7.18. The lowest BCUT2D eigenvalue weighted by Crippen LogP contribution is -2.39. The Bertz CT molecular complexity index is 539. The van der Waals surface area contributed by atoms with Gasteiger partial charge in [-0.2, -0.15) is 0 Å². The van der Waals surface area contributed by atoms with E-state index in [1.54, 1.807) is 0 Å². The number of fused-ring (bicyclic) bond motifs is 1. The van der Waals surface area contributed by atoms with Crippen molar-refractivity contribution < 1.29 is 4.42 Å². The fourth-order valence-corrected chi connectivity index (χ4v) is 1.91. The predicted octanol–water partition coefficient (Wildman–Crippen LogP) is 3.14. The molecule has 0 amide bonds. The standard InChI is InChI=1S/C16H23N3O/c1-4-17-16(18-10-12(2)3)19-11-14-9-13-7-5-6-8-15(13)20-14/h5-9,12H,4,10-11H2,1-3H3,(H2,17,18,19). The number of furan rings is 1. The zero-order valence-corrected chi connectivity index (χ0v) is 12.4. The summed E-state index contributed by atoms with van der Waals surface area (Å²) in [4.78, 5) is 4.55. The Morgan fingerprint density at radius 3 is 2.75 bits per heavy atom. The summed E-state index contributed by atoms with van der Waals surface area (Å²) in [6.45, 7) is 8.72. The third-order valence-corrected chi connectivity index (χ3v) is 2.89. The molecular formula is C16H23N3O. The number of para-hydroxylation sites is 1. The Labute approximate surface area is 120 Å². The second kappa shape index (κ2) is 6.98. The first-order chi connectivity index (χ1) is 9.69. The molecule has 0 radical (unpaired) electrons. The van der Waals surface area contributed by atoms with E-state index < -0.39 is 0 Å². The molecule has 4 nitrogen and oxygen atoms in total. The highest BCUT2D eigenvalue weighted by atomic mass is 16.3. The van der Waals surface area contributed by atoms with E-state index in [1.165, 1.54) is 0 Å². The molecule has 1 aromatic heterocycles. The molecule has 1 aromatic carbocycles. The third-order valence-electron chi connectivity index (χ3n) is 2.89. The maximum absolute atomic E-state index is 5.76. The second-order valence-electron chi connectivity index (χ2n) is 5.22. The molecule has 4 heteroatoms. The number of guanidine groups is 1. The number of aliphatic imine (C=N–C) groups is 1. The summed E-state index contributed by atoms with van der Waals surface area (Å²) in [5.74, 6) is 2.31. The van der Waals surface area contributed by atoms with Gasteiger partial charge in [-0.1, -0.05) is 32.0 Å². The van der Waals surface area contributed by atoms with Crippen LogP contribution < -0.4 is 10.6 Å². The Morgan fingerprint density at radius 1 is 1.25 bits per heavy atom. The van der Waals surface area contributed by atoms with Gasteiger partial charge >= 0.3 is 0 Å². The molecule has 1 heterocycles. The molecule has 20 heavy (non-hydrogen) atoms. The molecule has 2 N–H and O–H groups in total. The Kier molecular flexibility index (Phi) is 5.04. The van der Waals surface area contributed by atoms with E-state index in [4.69, 9.17) is 4.42 Å². The maximum Gasteiger partial charge on any atom is 0.191 e. The van der Waals surface area contributed by atoms with Crippen LogP contribution in [-0.2, 0) is 6.54 Å². The van der Waals surface area contributed by atoms with Gasteiger partial charge in [-0.25, -0.2) is 4.99 Å². The van der Waals surface area contributed by atoms with Crippen molar-refractivity contribution in [3.63, 3.8) is 0 Å². The van der Waals surface area contributed by atoms with Crippen LogP contribution in [0, 0.1) is 5.92 Å². The fraction of sp³-hybridized carbons (Fsp3) is 0.438. The van der Waals surface area contributed by atoms with Crippen LogP contribution in [0.15, 0.2) is 39.7 Å². The van der Waals surface area contributed by atoms with Crippen molar-refractivity contribution in [2.24, 2.45) is 10.9 Å². The molecule has 0 saturated heterocycles. The van der Waals surface area contributed by atoms with Gasteiger partial charge in [-0.3, -0.25) is 0 Å². The molecule has 0 spiro atoms. The molecule has 0 fully saturated rings. The smallest absolute Gasteiger partial charge is 0.191 e. The van der Waals surface area contributed by atoms with E-state index in [1.807, 2.05) is 30.3 Å². The van der Waals surface area contributed by atoms with E-state index in [9.17, 15) is 0 Å². The van der Waals surface area contributed by atoms with Crippen LogP contribution in [-0.4, -0.2) is 19.0 Å². The van der Waals surface area contributed by atoms with Gasteiger partial charge in [0.2, 0.25) is 0 Å². The lowest BCUT2D eigenvalue weighted by molar-refractivity contribution is 0.550. The SMILES string of the molecule is CCNC(=NCc1cc2ccccc2o1)NCC(C)C. The molecule has 0 aliphatic heterocycles. The number of nitrogens with zero attached hydrogens (tertiary/aromatic N) is 1. The maximum atomic E-state index is 5.76. The number of nitrogens with one attached hydrogen (secondary N) is 2. The quantitative estimate of drug-likeness (QED) is 0.650. The van der Waals surface area contributed by atoms with Crippen LogP contribution in [0.3, 0.4) is 0 Å². The molecular weight excluding hydrogens is 250 g/mol. The molecule has 0 unspecified atom stereocenters. The predicted molar refractivity (Wildman–Crippen MR) is 83.9 cm³/mol. The van der Waals surface area contributed by atoms with Crippen molar-refractivity contribution in [1.82, 2.24) is 10.6 Å². The van der Waals surface area contributed by atoms with Gasteiger partial charge in [-0.05, 0) is 25.0 Å². The average Bonchev–Trinajstić information content (AvgIpc) is 2.84. The van der Waals surface area contributed by atoms with Crippen LogP contribution in [0.4, 0.5) is 0 Å². The third kappa shape index (κ3) is 4.02. The van der Waals surface area contributed by atoms with Crippen molar-refractivity contribution in [2.45, 2.75) is 27.3 Å². The first kappa shape index (κ1) is 14.4. The van der Waals surface area contributed by atoms with Gasteiger partial charge in [0.05, 0.1) is 0 Å². The summed E-state index contributed by atoms with van der Waals surface area (Å²) in [5.41, 5.74) is 0.915. The molecule has 0 bridgehead atoms. The van der Waals surface area contributed by atoms with Crippen molar-refractivity contribution in [3.8, 4) is 0 Å². The molecule has 0 aliphatic rings. The molecule has 0 atom stereocenters. The van der Waals surface area contributed by atoms with Gasteiger partial charge in [0.1, 0.15) is 17.9 Å². The van der Waals surface area contributed by atoms with Crippen LogP contribution in [0.2, 0.25) is 0 Å². The van der Waals surface area contributed by atoms with E-state index in [0.29, 0.717) is 12.5 Å². The van der Waals surface area contributed by atoms with Crippen LogP contribution >= 0.6 is 0 Å². The molecule has 2 rings (SSSR count). The van der Waals surface area contributed by atoms with Crippen molar-refractivity contribution in [1.29, 1.82) is 0 Å². The van der Waals surface area contributed by atoms with Crippen LogP contribution in [0.5, 0.6) is 0 Å². The summed E-state index contributed by atoms with van der Waals surface area (Å²) in [6, 6.07) is 10.1. The first-order valence-corrected chi connectivity index (χ1v) is 7.18. The summed E-state index contributed by atoms with van der Waals surface area (Å²) >= 11 is 0. The summed E-state index contributed by atoms with van der Waals surface area (Å²) in [6.07, 6.45) is 0. The zero-order valence-electron chi connectivity index (χ0n) is 12.4. The van der Waals surface area contributed by atoms with Gasteiger partial charge < -0.3 is 15.1 Å². The Morgan fingerprint density at radius 2 is 2.05 bits per heavy atom. The highest BCUT2D eigenvalue weighted by Crippen LogP contribution is 2.19. The lowest BCUT2D eigenvalue weighted by atomic mass is 10.2. The number of hydrogen-bond acceptors (Lipinski definition) is 2. The molecule has 108 valence electrons. The van der Waals surface area contributed by atoms with Crippen molar-refractivity contribution in [2.75, 3.05) is 13.1 Å². The van der Waals surface area contributed by atoms with Crippen molar-refractivity contribution >= 4 is 16.9 Å². The van der Waals surface area contributed by atoms with Gasteiger partial charge in [-0.15, -0.1) is 0 Å². The monoisotopic (exact) mass is 273 g/mol. The van der Waals surface area contributed by atoms with Crippen molar-refractivity contribution in [3.05, 3.63) is 36.1 Å². The average molecular weight is 273 g/mol. The normalized spacial score (nSPS) is 12.1. The minimum Gasteiger partial charge on any atom is -0.459 e. The van der Waals surface area contributed by atoms with E-state index in [2.05, 4.69) is 36.4 Å².